The van der Waals surface area contributed by atoms with Gasteiger partial charge in [-0.05, 0) is 32.4 Å². The van der Waals surface area contributed by atoms with Crippen LogP contribution in [0, 0.1) is 0 Å². The molecule has 1 aliphatic heterocycles. The maximum Gasteiger partial charge on any atom is 0.229 e. The molecule has 96 valence electrons. The molecule has 1 aromatic rings. The predicted molar refractivity (Wildman–Crippen MR) is 63.8 cm³/mol. The van der Waals surface area contributed by atoms with E-state index in [2.05, 4.69) is 22.4 Å². The van der Waals surface area contributed by atoms with E-state index >= 15 is 0 Å². The number of nitrogens with zero attached hydrogens (tertiary/aromatic N) is 2. The van der Waals surface area contributed by atoms with Crippen molar-refractivity contribution in [2.45, 2.75) is 44.6 Å². The van der Waals surface area contributed by atoms with Crippen molar-refractivity contribution in [3.63, 3.8) is 0 Å². The SMILES string of the molecule is CCCC(OC)c1noc(C2CCNCC2)n1. The van der Waals surface area contributed by atoms with E-state index in [1.807, 2.05) is 0 Å². The topological polar surface area (TPSA) is 60.2 Å². The van der Waals surface area contributed by atoms with Crippen molar-refractivity contribution in [1.82, 2.24) is 15.5 Å². The molecule has 1 unspecified atom stereocenters. The van der Waals surface area contributed by atoms with Gasteiger partial charge in [-0.3, -0.25) is 0 Å². The summed E-state index contributed by atoms with van der Waals surface area (Å²) in [5.41, 5.74) is 0. The fourth-order valence-corrected chi connectivity index (χ4v) is 2.23. The Bertz CT molecular complexity index is 315. The summed E-state index contributed by atoms with van der Waals surface area (Å²) in [7, 11) is 1.70. The van der Waals surface area contributed by atoms with Gasteiger partial charge in [-0.15, -0.1) is 0 Å². The highest BCUT2D eigenvalue weighted by Crippen LogP contribution is 2.26. The molecule has 2 heterocycles. The van der Waals surface area contributed by atoms with Crippen LogP contribution in [0.1, 0.15) is 56.3 Å². The van der Waals surface area contributed by atoms with Gasteiger partial charge in [-0.25, -0.2) is 0 Å². The molecule has 17 heavy (non-hydrogen) atoms. The first-order valence-electron chi connectivity index (χ1n) is 6.42. The highest BCUT2D eigenvalue weighted by Gasteiger charge is 2.23. The Morgan fingerprint density at radius 3 is 2.88 bits per heavy atom. The van der Waals surface area contributed by atoms with Crippen LogP contribution in [0.2, 0.25) is 0 Å². The molecule has 0 amide bonds. The Kier molecular flexibility index (Phi) is 4.50. The van der Waals surface area contributed by atoms with E-state index in [0.717, 1.165) is 44.7 Å². The highest BCUT2D eigenvalue weighted by atomic mass is 16.5. The largest absolute Gasteiger partial charge is 0.373 e. The number of piperidine rings is 1. The van der Waals surface area contributed by atoms with Gasteiger partial charge in [-0.2, -0.15) is 4.98 Å². The minimum atomic E-state index is -0.0285. The van der Waals surface area contributed by atoms with Gasteiger partial charge in [0.15, 0.2) is 0 Å². The zero-order chi connectivity index (χ0) is 12.1. The van der Waals surface area contributed by atoms with Crippen molar-refractivity contribution in [1.29, 1.82) is 0 Å². The summed E-state index contributed by atoms with van der Waals surface area (Å²) in [6, 6.07) is 0. The normalized spacial score (nSPS) is 19.4. The van der Waals surface area contributed by atoms with Gasteiger partial charge in [0.1, 0.15) is 6.10 Å². The van der Waals surface area contributed by atoms with E-state index in [0.29, 0.717) is 11.7 Å². The van der Waals surface area contributed by atoms with Crippen LogP contribution in [0.15, 0.2) is 4.52 Å². The van der Waals surface area contributed by atoms with Gasteiger partial charge in [0, 0.05) is 13.0 Å². The summed E-state index contributed by atoms with van der Waals surface area (Å²) in [6.45, 7) is 4.19. The molecule has 0 spiro atoms. The van der Waals surface area contributed by atoms with E-state index in [-0.39, 0.29) is 6.10 Å². The molecule has 0 aromatic carbocycles. The second-order valence-electron chi connectivity index (χ2n) is 4.53. The molecule has 5 nitrogen and oxygen atoms in total. The van der Waals surface area contributed by atoms with Crippen LogP contribution in [0.4, 0.5) is 0 Å². The van der Waals surface area contributed by atoms with E-state index < -0.39 is 0 Å². The van der Waals surface area contributed by atoms with Crippen LogP contribution >= 0.6 is 0 Å². The number of hydrogen-bond acceptors (Lipinski definition) is 5. The maximum absolute atomic E-state index is 5.38. The molecule has 2 rings (SSSR count). The van der Waals surface area contributed by atoms with E-state index in [1.54, 1.807) is 7.11 Å². The number of nitrogens with one attached hydrogen (secondary N) is 1. The molecule has 1 fully saturated rings. The summed E-state index contributed by atoms with van der Waals surface area (Å²) < 4.78 is 10.7. The molecule has 1 atom stereocenters. The lowest BCUT2D eigenvalue weighted by atomic mass is 9.98. The lowest BCUT2D eigenvalue weighted by Crippen LogP contribution is -2.26. The molecular formula is C12H21N3O2. The Morgan fingerprint density at radius 1 is 1.47 bits per heavy atom. The third kappa shape index (κ3) is 3.04. The van der Waals surface area contributed by atoms with Crippen LogP contribution in [0.25, 0.3) is 0 Å². The summed E-state index contributed by atoms with van der Waals surface area (Å²) >= 11 is 0. The zero-order valence-electron chi connectivity index (χ0n) is 10.6. The highest BCUT2D eigenvalue weighted by molar-refractivity contribution is 4.98. The van der Waals surface area contributed by atoms with Gasteiger partial charge >= 0.3 is 0 Å². The van der Waals surface area contributed by atoms with Gasteiger partial charge < -0.3 is 14.6 Å². The standard InChI is InChI=1S/C12H21N3O2/c1-3-4-10(16-2)11-14-12(17-15-11)9-5-7-13-8-6-9/h9-10,13H,3-8H2,1-2H3. The molecule has 5 heteroatoms. The maximum atomic E-state index is 5.38. The van der Waals surface area contributed by atoms with E-state index in [1.165, 1.54) is 0 Å². The van der Waals surface area contributed by atoms with E-state index in [4.69, 9.17) is 9.26 Å². The Balaban J connectivity index is 2.03. The fraction of sp³-hybridized carbons (Fsp3) is 0.833. The number of hydrogen-bond donors (Lipinski definition) is 1. The van der Waals surface area contributed by atoms with Gasteiger partial charge in [0.25, 0.3) is 0 Å². The number of methoxy groups -OCH3 is 1. The van der Waals surface area contributed by atoms with E-state index in [9.17, 15) is 0 Å². The van der Waals surface area contributed by atoms with Crippen molar-refractivity contribution in [3.8, 4) is 0 Å². The van der Waals surface area contributed by atoms with Crippen LogP contribution in [0.5, 0.6) is 0 Å². The molecule has 0 bridgehead atoms. The molecule has 1 aromatic heterocycles. The van der Waals surface area contributed by atoms with Crippen molar-refractivity contribution < 1.29 is 9.26 Å². The Morgan fingerprint density at radius 2 is 2.24 bits per heavy atom. The Hall–Kier alpha value is -0.940. The van der Waals surface area contributed by atoms with Crippen molar-refractivity contribution in [2.24, 2.45) is 0 Å². The summed E-state index contributed by atoms with van der Waals surface area (Å²) in [5, 5.41) is 7.38. The molecule has 0 saturated carbocycles. The first-order chi connectivity index (χ1) is 8.35. The van der Waals surface area contributed by atoms with Crippen molar-refractivity contribution in [3.05, 3.63) is 11.7 Å². The molecule has 0 aliphatic carbocycles. The van der Waals surface area contributed by atoms with Gasteiger partial charge in [-0.1, -0.05) is 18.5 Å². The van der Waals surface area contributed by atoms with Crippen LogP contribution in [-0.2, 0) is 4.74 Å². The summed E-state index contributed by atoms with van der Waals surface area (Å²) in [5.74, 6) is 1.89. The first-order valence-corrected chi connectivity index (χ1v) is 6.42. The third-order valence-corrected chi connectivity index (χ3v) is 3.27. The van der Waals surface area contributed by atoms with Gasteiger partial charge in [0.2, 0.25) is 11.7 Å². The number of rotatable bonds is 5. The average molecular weight is 239 g/mol. The first kappa shape index (κ1) is 12.5. The smallest absolute Gasteiger partial charge is 0.229 e. The quantitative estimate of drug-likeness (QED) is 0.851. The lowest BCUT2D eigenvalue weighted by Gasteiger charge is -2.18. The predicted octanol–water partition coefficient (Wildman–Crippen LogP) is 2.02. The molecule has 0 radical (unpaired) electrons. The minimum absolute atomic E-state index is 0.0285. The van der Waals surface area contributed by atoms with Crippen LogP contribution in [-0.4, -0.2) is 30.3 Å². The monoisotopic (exact) mass is 239 g/mol. The minimum Gasteiger partial charge on any atom is -0.373 e. The number of aromatic nitrogens is 2. The lowest BCUT2D eigenvalue weighted by molar-refractivity contribution is 0.0854. The van der Waals surface area contributed by atoms with Crippen LogP contribution < -0.4 is 5.32 Å². The second kappa shape index (κ2) is 6.12. The number of ether oxygens (including phenoxy) is 1. The molecule has 1 aliphatic rings. The Labute approximate surface area is 102 Å². The van der Waals surface area contributed by atoms with Crippen LogP contribution in [0.3, 0.4) is 0 Å². The third-order valence-electron chi connectivity index (χ3n) is 3.27. The molecule has 1 saturated heterocycles. The summed E-state index contributed by atoms with van der Waals surface area (Å²) in [4.78, 5) is 4.49. The van der Waals surface area contributed by atoms with Crippen molar-refractivity contribution in [2.75, 3.05) is 20.2 Å². The average Bonchev–Trinajstić information content (AvgIpc) is 2.86. The fourth-order valence-electron chi connectivity index (χ4n) is 2.23. The molecule has 1 N–H and O–H groups in total. The van der Waals surface area contributed by atoms with Crippen molar-refractivity contribution >= 4 is 0 Å². The second-order valence-corrected chi connectivity index (χ2v) is 4.53. The van der Waals surface area contributed by atoms with Gasteiger partial charge in [0.05, 0.1) is 0 Å². The zero-order valence-corrected chi connectivity index (χ0v) is 10.6. The summed E-state index contributed by atoms with van der Waals surface area (Å²) in [6.07, 6.45) is 4.11. The molecular weight excluding hydrogens is 218 g/mol.